The minimum absolute atomic E-state index is 0.345. The number of hydrogen-bond acceptors (Lipinski definition) is 1. The van der Waals surface area contributed by atoms with Gasteiger partial charge >= 0.3 is 5.97 Å². The fourth-order valence-electron chi connectivity index (χ4n) is 2.68. The summed E-state index contributed by atoms with van der Waals surface area (Å²) in [5, 5.41) is 10.00. The Morgan fingerprint density at radius 2 is 2.29 bits per heavy atom. The van der Waals surface area contributed by atoms with Crippen LogP contribution >= 0.6 is 0 Å². The summed E-state index contributed by atoms with van der Waals surface area (Å²) in [5.74, 6) is -1.23. The quantitative estimate of drug-likeness (QED) is 0.822. The highest BCUT2D eigenvalue weighted by molar-refractivity contribution is 5.85. The van der Waals surface area contributed by atoms with Gasteiger partial charge in [0.05, 0.1) is 5.52 Å². The molecule has 0 bridgehead atoms. The summed E-state index contributed by atoms with van der Waals surface area (Å²) in [7, 11) is 0. The van der Waals surface area contributed by atoms with E-state index in [9.17, 15) is 14.3 Å². The Labute approximate surface area is 97.5 Å². The first kappa shape index (κ1) is 10.3. The molecule has 1 aliphatic heterocycles. The van der Waals surface area contributed by atoms with E-state index in [0.29, 0.717) is 11.9 Å². The first-order chi connectivity index (χ1) is 8.18. The Hall–Kier alpha value is -1.84. The van der Waals surface area contributed by atoms with Crippen molar-refractivity contribution in [1.29, 1.82) is 0 Å². The van der Waals surface area contributed by atoms with E-state index in [4.69, 9.17) is 0 Å². The summed E-state index contributed by atoms with van der Waals surface area (Å²) in [5.41, 5.74) is 1.35. The zero-order valence-electron chi connectivity index (χ0n) is 9.19. The van der Waals surface area contributed by atoms with E-state index in [1.165, 1.54) is 6.07 Å². The number of aryl methyl sites for hydroxylation is 1. The number of fused-ring (bicyclic) bond motifs is 3. The first-order valence-electron chi connectivity index (χ1n) is 5.69. The van der Waals surface area contributed by atoms with Crippen molar-refractivity contribution in [1.82, 2.24) is 4.57 Å². The Balaban J connectivity index is 2.33. The number of benzene rings is 1. The van der Waals surface area contributed by atoms with E-state index in [-0.39, 0.29) is 5.82 Å². The lowest BCUT2D eigenvalue weighted by Gasteiger charge is -2.23. The van der Waals surface area contributed by atoms with Gasteiger partial charge < -0.3 is 9.67 Å². The first-order valence-corrected chi connectivity index (χ1v) is 5.69. The number of rotatable bonds is 1. The Morgan fingerprint density at radius 1 is 1.47 bits per heavy atom. The molecule has 1 aromatic heterocycles. The highest BCUT2D eigenvalue weighted by Crippen LogP contribution is 2.33. The number of halogens is 1. The van der Waals surface area contributed by atoms with Crippen LogP contribution in [-0.4, -0.2) is 15.6 Å². The van der Waals surface area contributed by atoms with Gasteiger partial charge in [-0.2, -0.15) is 0 Å². The van der Waals surface area contributed by atoms with Crippen LogP contribution in [0.25, 0.3) is 10.9 Å². The fourth-order valence-corrected chi connectivity index (χ4v) is 2.68. The largest absolute Gasteiger partial charge is 0.480 e. The molecule has 2 aromatic rings. The Morgan fingerprint density at radius 3 is 3.06 bits per heavy atom. The molecule has 1 aromatic carbocycles. The van der Waals surface area contributed by atoms with Gasteiger partial charge in [0.1, 0.15) is 11.9 Å². The Bertz CT molecular complexity index is 603. The van der Waals surface area contributed by atoms with Crippen LogP contribution in [0.1, 0.15) is 24.6 Å². The third-order valence-electron chi connectivity index (χ3n) is 3.40. The van der Waals surface area contributed by atoms with E-state index in [1.54, 1.807) is 10.6 Å². The predicted octanol–water partition coefficient (Wildman–Crippen LogP) is 2.74. The molecule has 17 heavy (non-hydrogen) atoms. The van der Waals surface area contributed by atoms with E-state index < -0.39 is 12.0 Å². The second kappa shape index (κ2) is 3.58. The molecule has 0 amide bonds. The van der Waals surface area contributed by atoms with Gasteiger partial charge in [-0.3, -0.25) is 0 Å². The van der Waals surface area contributed by atoms with Crippen molar-refractivity contribution >= 4 is 16.9 Å². The van der Waals surface area contributed by atoms with Crippen molar-refractivity contribution in [2.75, 3.05) is 0 Å². The van der Waals surface area contributed by atoms with Crippen LogP contribution in [0.2, 0.25) is 0 Å². The van der Waals surface area contributed by atoms with Crippen molar-refractivity contribution in [3.8, 4) is 0 Å². The molecule has 0 saturated carbocycles. The van der Waals surface area contributed by atoms with Gasteiger partial charge in [0.15, 0.2) is 0 Å². The highest BCUT2D eigenvalue weighted by Gasteiger charge is 2.28. The number of carboxylic acids is 1. The third kappa shape index (κ3) is 1.44. The second-order valence-electron chi connectivity index (χ2n) is 4.43. The molecule has 0 spiro atoms. The minimum atomic E-state index is -0.883. The molecule has 1 aliphatic rings. The monoisotopic (exact) mass is 233 g/mol. The summed E-state index contributed by atoms with van der Waals surface area (Å²) in [6.45, 7) is 0. The van der Waals surface area contributed by atoms with Gasteiger partial charge in [-0.15, -0.1) is 0 Å². The van der Waals surface area contributed by atoms with E-state index in [2.05, 4.69) is 0 Å². The number of carboxylic acid groups (broad SMARTS) is 1. The van der Waals surface area contributed by atoms with Crippen molar-refractivity contribution in [3.63, 3.8) is 0 Å². The molecule has 0 radical (unpaired) electrons. The van der Waals surface area contributed by atoms with Crippen molar-refractivity contribution < 1.29 is 14.3 Å². The molecular weight excluding hydrogens is 221 g/mol. The maximum absolute atomic E-state index is 13.8. The average Bonchev–Trinajstić information content (AvgIpc) is 2.67. The fraction of sp³-hybridized carbons (Fsp3) is 0.308. The topological polar surface area (TPSA) is 42.2 Å². The van der Waals surface area contributed by atoms with E-state index in [0.717, 1.165) is 23.9 Å². The molecule has 88 valence electrons. The lowest BCUT2D eigenvalue weighted by Crippen LogP contribution is -2.24. The summed E-state index contributed by atoms with van der Waals surface area (Å²) < 4.78 is 15.5. The summed E-state index contributed by atoms with van der Waals surface area (Å²) in [6, 6.07) is 6.12. The van der Waals surface area contributed by atoms with Crippen LogP contribution in [0.3, 0.4) is 0 Å². The van der Waals surface area contributed by atoms with Crippen molar-refractivity contribution in [2.45, 2.75) is 25.3 Å². The number of hydrogen-bond donors (Lipinski definition) is 1. The summed E-state index contributed by atoms with van der Waals surface area (Å²) in [6.07, 6.45) is 2.23. The molecule has 2 heterocycles. The lowest BCUT2D eigenvalue weighted by atomic mass is 10.0. The number of para-hydroxylation sites is 1. The van der Waals surface area contributed by atoms with Gasteiger partial charge in [0, 0.05) is 11.1 Å². The maximum atomic E-state index is 13.8. The van der Waals surface area contributed by atoms with Crippen molar-refractivity contribution in [3.05, 3.63) is 35.8 Å². The number of aromatic nitrogens is 1. The van der Waals surface area contributed by atoms with Gasteiger partial charge in [0.25, 0.3) is 0 Å². The highest BCUT2D eigenvalue weighted by atomic mass is 19.1. The molecular formula is C13H12FNO2. The molecule has 0 saturated heterocycles. The van der Waals surface area contributed by atoms with Gasteiger partial charge in [0.2, 0.25) is 0 Å². The number of nitrogens with zero attached hydrogens (tertiary/aromatic N) is 1. The average molecular weight is 233 g/mol. The number of carbonyl (C=O) groups is 1. The summed E-state index contributed by atoms with van der Waals surface area (Å²) in [4.78, 5) is 11.2. The summed E-state index contributed by atoms with van der Waals surface area (Å²) >= 11 is 0. The van der Waals surface area contributed by atoms with Crippen LogP contribution in [0.5, 0.6) is 0 Å². The molecule has 3 rings (SSSR count). The smallest absolute Gasteiger partial charge is 0.326 e. The molecule has 3 nitrogen and oxygen atoms in total. The van der Waals surface area contributed by atoms with Crippen LogP contribution in [0.15, 0.2) is 24.3 Å². The molecule has 0 fully saturated rings. The molecule has 4 heteroatoms. The van der Waals surface area contributed by atoms with Gasteiger partial charge in [-0.25, -0.2) is 9.18 Å². The molecule has 1 N–H and O–H groups in total. The van der Waals surface area contributed by atoms with Crippen molar-refractivity contribution in [2.24, 2.45) is 0 Å². The molecule has 1 unspecified atom stereocenters. The third-order valence-corrected chi connectivity index (χ3v) is 3.40. The zero-order valence-corrected chi connectivity index (χ0v) is 9.19. The van der Waals surface area contributed by atoms with E-state index in [1.807, 2.05) is 12.1 Å². The normalized spacial score (nSPS) is 19.2. The van der Waals surface area contributed by atoms with Crippen LogP contribution in [0.4, 0.5) is 4.39 Å². The van der Waals surface area contributed by atoms with Crippen LogP contribution in [-0.2, 0) is 11.2 Å². The van der Waals surface area contributed by atoms with Crippen LogP contribution < -0.4 is 0 Å². The number of aliphatic carboxylic acids is 1. The SMILES string of the molecule is O=C(O)C1CCCc2cc3cccc(F)c3n21. The standard InChI is InChI=1S/C13H12FNO2/c14-10-5-1-3-8-7-9-4-2-6-11(13(16)17)15(9)12(8)10/h1,3,5,7,11H,2,4,6H2,(H,16,17). The predicted molar refractivity (Wildman–Crippen MR) is 61.5 cm³/mol. The second-order valence-corrected chi connectivity index (χ2v) is 4.43. The minimum Gasteiger partial charge on any atom is -0.480 e. The maximum Gasteiger partial charge on any atom is 0.326 e. The molecule has 1 atom stereocenters. The van der Waals surface area contributed by atoms with Gasteiger partial charge in [-0.1, -0.05) is 12.1 Å². The van der Waals surface area contributed by atoms with Gasteiger partial charge in [-0.05, 0) is 31.4 Å². The zero-order chi connectivity index (χ0) is 12.0. The molecule has 0 aliphatic carbocycles. The van der Waals surface area contributed by atoms with E-state index >= 15 is 0 Å². The lowest BCUT2D eigenvalue weighted by molar-refractivity contribution is -0.141. The van der Waals surface area contributed by atoms with Crippen LogP contribution in [0, 0.1) is 5.82 Å². The Kier molecular flexibility index (Phi) is 2.18.